The fourth-order valence-electron chi connectivity index (χ4n) is 3.38. The van der Waals surface area contributed by atoms with Crippen molar-refractivity contribution in [3.8, 4) is 0 Å². The Bertz CT molecular complexity index is 977. The van der Waals surface area contributed by atoms with Crippen LogP contribution < -0.4 is 10.2 Å². The van der Waals surface area contributed by atoms with Crippen molar-refractivity contribution in [2.45, 2.75) is 25.4 Å². The summed E-state index contributed by atoms with van der Waals surface area (Å²) in [5, 5.41) is 13.6. The highest BCUT2D eigenvalue weighted by Gasteiger charge is 2.32. The van der Waals surface area contributed by atoms with Crippen molar-refractivity contribution in [1.82, 2.24) is 9.97 Å². The summed E-state index contributed by atoms with van der Waals surface area (Å²) in [6.45, 7) is 1.09. The number of carboxylic acids is 1. The lowest BCUT2D eigenvalue weighted by Crippen LogP contribution is -2.37. The van der Waals surface area contributed by atoms with Crippen LogP contribution in [0.1, 0.15) is 18.4 Å². The van der Waals surface area contributed by atoms with Crippen LogP contribution >= 0.6 is 0 Å². The van der Waals surface area contributed by atoms with Crippen molar-refractivity contribution >= 4 is 28.6 Å². The molecule has 6 nitrogen and oxygen atoms in total. The van der Waals surface area contributed by atoms with Gasteiger partial charge in [0.1, 0.15) is 17.7 Å². The van der Waals surface area contributed by atoms with Crippen molar-refractivity contribution in [3.63, 3.8) is 0 Å². The first-order chi connectivity index (χ1) is 13.1. The standard InChI is InChI=1S/C20H19FN4O2/c21-14-9-7-13(8-10-14)12-22-18-15-4-1-2-5-16(15)23-20(24-18)25-11-3-6-17(25)19(26)27/h1-2,4-5,7-10,17H,3,6,11-12H2,(H,26,27)(H,22,23,24). The number of benzene rings is 2. The summed E-state index contributed by atoms with van der Waals surface area (Å²) in [4.78, 5) is 22.5. The monoisotopic (exact) mass is 366 g/mol. The van der Waals surface area contributed by atoms with Crippen LogP contribution in [0.25, 0.3) is 10.9 Å². The Morgan fingerprint density at radius 3 is 2.74 bits per heavy atom. The number of hydrogen-bond acceptors (Lipinski definition) is 5. The van der Waals surface area contributed by atoms with E-state index in [1.54, 1.807) is 17.0 Å². The highest BCUT2D eigenvalue weighted by atomic mass is 19.1. The second kappa shape index (κ2) is 7.19. The molecule has 4 rings (SSSR count). The number of carboxylic acid groups (broad SMARTS) is 1. The molecule has 1 saturated heterocycles. The van der Waals surface area contributed by atoms with E-state index in [2.05, 4.69) is 15.3 Å². The number of halogens is 1. The lowest BCUT2D eigenvalue weighted by Gasteiger charge is -2.22. The Kier molecular flexibility index (Phi) is 4.58. The van der Waals surface area contributed by atoms with Crippen LogP contribution in [0, 0.1) is 5.82 Å². The number of para-hydroxylation sites is 1. The van der Waals surface area contributed by atoms with Gasteiger partial charge in [0, 0.05) is 18.5 Å². The summed E-state index contributed by atoms with van der Waals surface area (Å²) in [7, 11) is 0. The van der Waals surface area contributed by atoms with E-state index in [0.29, 0.717) is 31.3 Å². The molecule has 2 N–H and O–H groups in total. The zero-order valence-electron chi connectivity index (χ0n) is 14.6. The van der Waals surface area contributed by atoms with Gasteiger partial charge < -0.3 is 15.3 Å². The summed E-state index contributed by atoms with van der Waals surface area (Å²) < 4.78 is 13.1. The quantitative estimate of drug-likeness (QED) is 0.720. The minimum absolute atomic E-state index is 0.276. The van der Waals surface area contributed by atoms with E-state index in [4.69, 9.17) is 0 Å². The van der Waals surface area contributed by atoms with Gasteiger partial charge in [-0.15, -0.1) is 0 Å². The minimum atomic E-state index is -0.856. The third kappa shape index (κ3) is 3.53. The molecule has 27 heavy (non-hydrogen) atoms. The van der Waals surface area contributed by atoms with Gasteiger partial charge in [0.15, 0.2) is 0 Å². The molecule has 1 unspecified atom stereocenters. The van der Waals surface area contributed by atoms with Gasteiger partial charge >= 0.3 is 5.97 Å². The van der Waals surface area contributed by atoms with E-state index in [9.17, 15) is 14.3 Å². The molecule has 1 aromatic heterocycles. The topological polar surface area (TPSA) is 78.3 Å². The first-order valence-electron chi connectivity index (χ1n) is 8.86. The van der Waals surface area contributed by atoms with Crippen LogP contribution in [0.4, 0.5) is 16.2 Å². The molecule has 0 aliphatic carbocycles. The van der Waals surface area contributed by atoms with E-state index < -0.39 is 12.0 Å². The van der Waals surface area contributed by atoms with Crippen LogP contribution in [0.15, 0.2) is 48.5 Å². The van der Waals surface area contributed by atoms with Gasteiger partial charge in [-0.1, -0.05) is 24.3 Å². The summed E-state index contributed by atoms with van der Waals surface area (Å²) in [6, 6.07) is 13.3. The van der Waals surface area contributed by atoms with Crippen LogP contribution in [0.5, 0.6) is 0 Å². The number of aromatic nitrogens is 2. The van der Waals surface area contributed by atoms with Gasteiger partial charge in [0.2, 0.25) is 5.95 Å². The molecule has 2 heterocycles. The highest BCUT2D eigenvalue weighted by molar-refractivity contribution is 5.90. The molecule has 0 amide bonds. The van der Waals surface area contributed by atoms with Crippen molar-refractivity contribution in [3.05, 3.63) is 59.9 Å². The number of nitrogens with one attached hydrogen (secondary N) is 1. The largest absolute Gasteiger partial charge is 0.480 e. The molecule has 1 atom stereocenters. The van der Waals surface area contributed by atoms with Crippen LogP contribution in [0.3, 0.4) is 0 Å². The molecular formula is C20H19FN4O2. The maximum atomic E-state index is 13.1. The van der Waals surface area contributed by atoms with E-state index in [-0.39, 0.29) is 5.82 Å². The summed E-state index contributed by atoms with van der Waals surface area (Å²) in [6.07, 6.45) is 1.38. The third-order valence-electron chi connectivity index (χ3n) is 4.76. The fourth-order valence-corrected chi connectivity index (χ4v) is 3.38. The second-order valence-electron chi connectivity index (χ2n) is 6.56. The van der Waals surface area contributed by atoms with Gasteiger partial charge in [-0.25, -0.2) is 14.2 Å². The normalized spacial score (nSPS) is 16.6. The highest BCUT2D eigenvalue weighted by Crippen LogP contribution is 2.28. The Hall–Kier alpha value is -3.22. The minimum Gasteiger partial charge on any atom is -0.480 e. The second-order valence-corrected chi connectivity index (χ2v) is 6.56. The average molecular weight is 366 g/mol. The van der Waals surface area contributed by atoms with E-state index >= 15 is 0 Å². The maximum Gasteiger partial charge on any atom is 0.326 e. The SMILES string of the molecule is O=C(O)C1CCCN1c1nc(NCc2ccc(F)cc2)c2ccccc2n1. The summed E-state index contributed by atoms with van der Waals surface area (Å²) in [5.74, 6) is -0.0801. The molecule has 0 radical (unpaired) electrons. The number of rotatable bonds is 5. The van der Waals surface area contributed by atoms with Gasteiger partial charge in [-0.05, 0) is 42.7 Å². The molecule has 1 aliphatic rings. The molecule has 3 aromatic rings. The lowest BCUT2D eigenvalue weighted by atomic mass is 10.2. The number of anilines is 2. The van der Waals surface area contributed by atoms with Crippen molar-refractivity contribution in [2.75, 3.05) is 16.8 Å². The van der Waals surface area contributed by atoms with Crippen LogP contribution in [-0.2, 0) is 11.3 Å². The molecule has 1 fully saturated rings. The molecule has 0 spiro atoms. The Balaban J connectivity index is 1.68. The molecule has 0 bridgehead atoms. The molecule has 7 heteroatoms. The van der Waals surface area contributed by atoms with E-state index in [0.717, 1.165) is 22.9 Å². The zero-order chi connectivity index (χ0) is 18.8. The van der Waals surface area contributed by atoms with Crippen molar-refractivity contribution in [1.29, 1.82) is 0 Å². The molecular weight excluding hydrogens is 347 g/mol. The van der Waals surface area contributed by atoms with Gasteiger partial charge in [0.25, 0.3) is 0 Å². The number of nitrogens with zero attached hydrogens (tertiary/aromatic N) is 3. The predicted octanol–water partition coefficient (Wildman–Crippen LogP) is 3.43. The summed E-state index contributed by atoms with van der Waals surface area (Å²) in [5.41, 5.74) is 1.67. The smallest absolute Gasteiger partial charge is 0.326 e. The summed E-state index contributed by atoms with van der Waals surface area (Å²) >= 11 is 0. The lowest BCUT2D eigenvalue weighted by molar-refractivity contribution is -0.138. The number of hydrogen-bond donors (Lipinski definition) is 2. The number of fused-ring (bicyclic) bond motifs is 1. The van der Waals surface area contributed by atoms with Gasteiger partial charge in [-0.3, -0.25) is 0 Å². The Labute approximate surface area is 155 Å². The first kappa shape index (κ1) is 17.2. The van der Waals surface area contributed by atoms with Gasteiger partial charge in [-0.2, -0.15) is 4.98 Å². The van der Waals surface area contributed by atoms with E-state index in [1.165, 1.54) is 12.1 Å². The molecule has 2 aromatic carbocycles. The van der Waals surface area contributed by atoms with Crippen LogP contribution in [-0.4, -0.2) is 33.6 Å². The molecule has 138 valence electrons. The first-order valence-corrected chi connectivity index (χ1v) is 8.86. The van der Waals surface area contributed by atoms with Crippen LogP contribution in [0.2, 0.25) is 0 Å². The molecule has 0 saturated carbocycles. The van der Waals surface area contributed by atoms with Crippen molar-refractivity contribution in [2.24, 2.45) is 0 Å². The zero-order valence-corrected chi connectivity index (χ0v) is 14.6. The average Bonchev–Trinajstić information content (AvgIpc) is 3.17. The Morgan fingerprint density at radius 1 is 1.19 bits per heavy atom. The number of aliphatic carboxylic acids is 1. The maximum absolute atomic E-state index is 13.1. The predicted molar refractivity (Wildman–Crippen MR) is 101 cm³/mol. The van der Waals surface area contributed by atoms with E-state index in [1.807, 2.05) is 24.3 Å². The molecule has 1 aliphatic heterocycles. The van der Waals surface area contributed by atoms with Crippen molar-refractivity contribution < 1.29 is 14.3 Å². The fraction of sp³-hybridized carbons (Fsp3) is 0.250. The van der Waals surface area contributed by atoms with Gasteiger partial charge in [0.05, 0.1) is 5.52 Å². The Morgan fingerprint density at radius 2 is 1.96 bits per heavy atom. The third-order valence-corrected chi connectivity index (χ3v) is 4.76. The number of carbonyl (C=O) groups is 1.